The zero-order valence-electron chi connectivity index (χ0n) is 36.3. The van der Waals surface area contributed by atoms with Crippen molar-refractivity contribution in [3.05, 3.63) is 0 Å². The van der Waals surface area contributed by atoms with Gasteiger partial charge in [-0.15, -0.1) is 0 Å². The van der Waals surface area contributed by atoms with Crippen molar-refractivity contribution in [3.8, 4) is 0 Å². The molecule has 2 unspecified atom stereocenters. The van der Waals surface area contributed by atoms with E-state index < -0.39 is 55.6 Å². The van der Waals surface area contributed by atoms with Crippen LogP contribution in [-0.4, -0.2) is 98.7 Å². The van der Waals surface area contributed by atoms with E-state index in [2.05, 4.69) is 19.2 Å². The first kappa shape index (κ1) is 53.2. The monoisotopic (exact) mass is 802 g/mol. The topological polar surface area (TPSA) is 169 Å². The molecule has 56 heavy (non-hydrogen) atoms. The van der Waals surface area contributed by atoms with Gasteiger partial charge in [-0.2, -0.15) is 0 Å². The number of aliphatic hydroxyl groups excluding tert-OH is 6. The van der Waals surface area contributed by atoms with Crippen LogP contribution in [0.2, 0.25) is 0 Å². The lowest BCUT2D eigenvalue weighted by Gasteiger charge is -2.40. The van der Waals surface area contributed by atoms with Crippen LogP contribution < -0.4 is 5.32 Å². The minimum absolute atomic E-state index is 0.254. The molecule has 0 bridgehead atoms. The highest BCUT2D eigenvalue weighted by atomic mass is 16.7. The van der Waals surface area contributed by atoms with Gasteiger partial charge in [0.05, 0.1) is 25.4 Å². The van der Waals surface area contributed by atoms with Gasteiger partial charge in [0, 0.05) is 6.42 Å². The average molecular weight is 802 g/mol. The molecule has 10 nitrogen and oxygen atoms in total. The van der Waals surface area contributed by atoms with Gasteiger partial charge in [0.2, 0.25) is 5.91 Å². The fourth-order valence-corrected chi connectivity index (χ4v) is 7.91. The summed E-state index contributed by atoms with van der Waals surface area (Å²) in [7, 11) is 0. The summed E-state index contributed by atoms with van der Waals surface area (Å²) < 4.78 is 11.2. The van der Waals surface area contributed by atoms with Crippen LogP contribution >= 0.6 is 0 Å². The molecule has 1 aliphatic rings. The Morgan fingerprint density at radius 2 is 0.929 bits per heavy atom. The number of hydrogen-bond donors (Lipinski definition) is 7. The highest BCUT2D eigenvalue weighted by molar-refractivity contribution is 5.76. The molecule has 10 heteroatoms. The van der Waals surface area contributed by atoms with Crippen molar-refractivity contribution in [3.63, 3.8) is 0 Å². The molecule has 0 spiro atoms. The van der Waals surface area contributed by atoms with Crippen LogP contribution in [0.1, 0.15) is 226 Å². The predicted molar refractivity (Wildman–Crippen MR) is 227 cm³/mol. The minimum Gasteiger partial charge on any atom is -0.394 e. The van der Waals surface area contributed by atoms with E-state index in [0.717, 1.165) is 38.5 Å². The number of rotatable bonds is 40. The van der Waals surface area contributed by atoms with E-state index in [4.69, 9.17) is 9.47 Å². The zero-order valence-corrected chi connectivity index (χ0v) is 36.3. The van der Waals surface area contributed by atoms with Gasteiger partial charge in [-0.05, 0) is 12.8 Å². The highest BCUT2D eigenvalue weighted by Gasteiger charge is 2.44. The molecule has 0 radical (unpaired) electrons. The molecule has 0 aliphatic carbocycles. The van der Waals surface area contributed by atoms with E-state index in [1.807, 2.05) is 0 Å². The molecule has 0 aromatic heterocycles. The summed E-state index contributed by atoms with van der Waals surface area (Å²) in [5.74, 6) is -0.254. The van der Waals surface area contributed by atoms with Crippen molar-refractivity contribution < 1.29 is 44.9 Å². The lowest BCUT2D eigenvalue weighted by Crippen LogP contribution is -2.60. The average Bonchev–Trinajstić information content (AvgIpc) is 3.20. The van der Waals surface area contributed by atoms with Gasteiger partial charge in [-0.25, -0.2) is 0 Å². The van der Waals surface area contributed by atoms with Gasteiger partial charge in [0.1, 0.15) is 30.5 Å². The third-order valence-electron chi connectivity index (χ3n) is 11.8. The van der Waals surface area contributed by atoms with Gasteiger partial charge in [0.15, 0.2) is 6.29 Å². The first-order valence-corrected chi connectivity index (χ1v) is 23.8. The molecule has 7 N–H and O–H groups in total. The van der Waals surface area contributed by atoms with Crippen molar-refractivity contribution in [2.24, 2.45) is 0 Å². The van der Waals surface area contributed by atoms with Crippen LogP contribution in [0.15, 0.2) is 0 Å². The molecule has 0 aromatic carbocycles. The molecular formula is C46H91NO9. The molecular weight excluding hydrogens is 711 g/mol. The summed E-state index contributed by atoms with van der Waals surface area (Å²) in [4.78, 5) is 13.0. The van der Waals surface area contributed by atoms with E-state index in [1.165, 1.54) is 161 Å². The normalized spacial score (nSPS) is 21.6. The Kier molecular flexibility index (Phi) is 35.3. The Hall–Kier alpha value is -0.850. The van der Waals surface area contributed by atoms with Gasteiger partial charge in [-0.3, -0.25) is 4.79 Å². The van der Waals surface area contributed by atoms with Gasteiger partial charge in [0.25, 0.3) is 0 Å². The largest absolute Gasteiger partial charge is 0.394 e. The lowest BCUT2D eigenvalue weighted by molar-refractivity contribution is -0.303. The Bertz CT molecular complexity index is 864. The maximum Gasteiger partial charge on any atom is 0.220 e. The maximum absolute atomic E-state index is 13.0. The minimum atomic E-state index is -1.60. The van der Waals surface area contributed by atoms with Crippen LogP contribution in [-0.2, 0) is 14.3 Å². The quantitative estimate of drug-likeness (QED) is 0.0299. The van der Waals surface area contributed by atoms with Gasteiger partial charge >= 0.3 is 0 Å². The van der Waals surface area contributed by atoms with Crippen molar-refractivity contribution in [2.45, 2.75) is 275 Å². The lowest BCUT2D eigenvalue weighted by atomic mass is 9.98. The smallest absolute Gasteiger partial charge is 0.220 e. The Balaban J connectivity index is 2.37. The summed E-state index contributed by atoms with van der Waals surface area (Å²) in [6.45, 7) is 3.62. The molecule has 0 saturated carbocycles. The third-order valence-corrected chi connectivity index (χ3v) is 11.8. The number of unbranched alkanes of at least 4 members (excludes halogenated alkanes) is 29. The maximum atomic E-state index is 13.0. The number of hydrogen-bond acceptors (Lipinski definition) is 9. The second kappa shape index (κ2) is 37.2. The first-order valence-electron chi connectivity index (χ1n) is 23.8. The number of aliphatic hydroxyl groups is 6. The summed E-state index contributed by atoms with van der Waals surface area (Å²) in [6.07, 6.45) is 29.6. The third kappa shape index (κ3) is 27.0. The van der Waals surface area contributed by atoms with Crippen molar-refractivity contribution >= 4 is 5.91 Å². The van der Waals surface area contributed by atoms with Crippen LogP contribution in [0.25, 0.3) is 0 Å². The standard InChI is InChI=1S/C46H91NO9/c1-3-5-7-9-11-13-15-17-19-20-21-23-25-27-29-31-33-35-41(50)47-38(37-55-46-45(54)44(53)43(52)40(36-48)56-46)42(51)39(49)34-32-30-28-26-24-22-18-16-14-12-10-8-6-4-2/h38-40,42-46,48-49,51-54H,3-37H2,1-2H3,(H,47,50)/t38-,39+,40+,42-,43+,44?,45?,46+/m0/s1. The van der Waals surface area contributed by atoms with Crippen molar-refractivity contribution in [1.82, 2.24) is 5.32 Å². The molecule has 1 rings (SSSR count). The number of amides is 1. The Morgan fingerprint density at radius 3 is 1.32 bits per heavy atom. The summed E-state index contributed by atoms with van der Waals surface area (Å²) in [5, 5.41) is 65.2. The Morgan fingerprint density at radius 1 is 0.554 bits per heavy atom. The molecule has 1 amide bonds. The number of nitrogens with one attached hydrogen (secondary N) is 1. The SMILES string of the molecule is CCCCCCCCCCCCCCCCCCCC(=O)N[C@@H](CO[C@@H]1O[C@H](CO)[C@@H](O)C(O)C1O)[C@H](O)[C@H](O)CCCCCCCCCCCCCCCC. The fourth-order valence-electron chi connectivity index (χ4n) is 7.91. The molecule has 1 saturated heterocycles. The van der Waals surface area contributed by atoms with Crippen molar-refractivity contribution in [2.75, 3.05) is 13.2 Å². The fraction of sp³-hybridized carbons (Fsp3) is 0.978. The second-order valence-electron chi connectivity index (χ2n) is 17.1. The molecule has 1 heterocycles. The predicted octanol–water partition coefficient (Wildman–Crippen LogP) is 8.92. The molecule has 1 aliphatic heterocycles. The number of carbonyl (C=O) groups excluding carboxylic acids is 1. The van der Waals surface area contributed by atoms with E-state index in [-0.39, 0.29) is 18.9 Å². The van der Waals surface area contributed by atoms with Crippen molar-refractivity contribution in [1.29, 1.82) is 0 Å². The van der Waals surface area contributed by atoms with E-state index in [0.29, 0.717) is 6.42 Å². The highest BCUT2D eigenvalue weighted by Crippen LogP contribution is 2.23. The molecule has 8 atom stereocenters. The van der Waals surface area contributed by atoms with Gasteiger partial charge < -0.3 is 45.4 Å². The number of carbonyl (C=O) groups is 1. The van der Waals surface area contributed by atoms with Crippen LogP contribution in [0.5, 0.6) is 0 Å². The van der Waals surface area contributed by atoms with E-state index >= 15 is 0 Å². The van der Waals surface area contributed by atoms with Crippen LogP contribution in [0.4, 0.5) is 0 Å². The summed E-state index contributed by atoms with van der Waals surface area (Å²) in [6, 6.07) is -0.984. The summed E-state index contributed by atoms with van der Waals surface area (Å²) in [5.41, 5.74) is 0. The molecule has 334 valence electrons. The van der Waals surface area contributed by atoms with Crippen LogP contribution in [0, 0.1) is 0 Å². The first-order chi connectivity index (χ1) is 27.3. The van der Waals surface area contributed by atoms with Crippen LogP contribution in [0.3, 0.4) is 0 Å². The van der Waals surface area contributed by atoms with E-state index in [9.17, 15) is 35.4 Å². The van der Waals surface area contributed by atoms with E-state index in [1.54, 1.807) is 0 Å². The zero-order chi connectivity index (χ0) is 41.1. The second-order valence-corrected chi connectivity index (χ2v) is 17.1. The molecule has 0 aromatic rings. The van der Waals surface area contributed by atoms with Gasteiger partial charge in [-0.1, -0.05) is 206 Å². The Labute approximate surface area is 343 Å². The number of ether oxygens (including phenoxy) is 2. The summed E-state index contributed by atoms with van der Waals surface area (Å²) >= 11 is 0. The molecule has 1 fully saturated rings.